The Hall–Kier alpha value is -0.830. The molecule has 1 fully saturated rings. The molecule has 0 bridgehead atoms. The molecule has 3 nitrogen and oxygen atoms in total. The number of amides is 1. The van der Waals surface area contributed by atoms with Crippen molar-refractivity contribution in [1.82, 2.24) is 10.6 Å². The van der Waals surface area contributed by atoms with Gasteiger partial charge >= 0.3 is 0 Å². The van der Waals surface area contributed by atoms with Gasteiger partial charge in [0.15, 0.2) is 0 Å². The average molecular weight is 196 g/mol. The molecule has 3 heteroatoms. The number of allylic oxidation sites excluding steroid dienone is 1. The van der Waals surface area contributed by atoms with Crippen molar-refractivity contribution < 1.29 is 4.79 Å². The van der Waals surface area contributed by atoms with E-state index in [1.165, 1.54) is 0 Å². The molecule has 0 aliphatic carbocycles. The van der Waals surface area contributed by atoms with E-state index in [9.17, 15) is 4.79 Å². The number of rotatable bonds is 3. The zero-order valence-electron chi connectivity index (χ0n) is 8.88. The molecule has 1 heterocycles. The van der Waals surface area contributed by atoms with Crippen LogP contribution in [0.5, 0.6) is 0 Å². The van der Waals surface area contributed by atoms with Crippen LogP contribution in [0.2, 0.25) is 0 Å². The third-order valence-electron chi connectivity index (χ3n) is 2.43. The summed E-state index contributed by atoms with van der Waals surface area (Å²) in [4.78, 5) is 11.4. The van der Waals surface area contributed by atoms with Gasteiger partial charge in [0.2, 0.25) is 5.91 Å². The number of hydrogen-bond donors (Lipinski definition) is 2. The van der Waals surface area contributed by atoms with Crippen LogP contribution in [-0.2, 0) is 4.79 Å². The van der Waals surface area contributed by atoms with Crippen LogP contribution in [0.25, 0.3) is 0 Å². The predicted molar refractivity (Wildman–Crippen MR) is 58.1 cm³/mol. The second-order valence-electron chi connectivity index (χ2n) is 3.70. The molecule has 1 rings (SSSR count). The van der Waals surface area contributed by atoms with E-state index in [4.69, 9.17) is 0 Å². The molecular formula is C11H20N2O. The molecule has 0 spiro atoms. The van der Waals surface area contributed by atoms with Crippen molar-refractivity contribution in [3.8, 4) is 0 Å². The van der Waals surface area contributed by atoms with Crippen LogP contribution in [0.1, 0.15) is 32.6 Å². The lowest BCUT2D eigenvalue weighted by Gasteiger charge is -2.14. The Morgan fingerprint density at radius 3 is 3.14 bits per heavy atom. The van der Waals surface area contributed by atoms with E-state index in [1.54, 1.807) is 6.08 Å². The van der Waals surface area contributed by atoms with Crippen molar-refractivity contribution in [2.75, 3.05) is 13.1 Å². The fraction of sp³-hybridized carbons (Fsp3) is 0.727. The van der Waals surface area contributed by atoms with Gasteiger partial charge in [0, 0.05) is 6.04 Å². The molecule has 1 amide bonds. The van der Waals surface area contributed by atoms with Crippen LogP contribution in [0.4, 0.5) is 0 Å². The minimum Gasteiger partial charge on any atom is -0.350 e. The third kappa shape index (κ3) is 4.42. The summed E-state index contributed by atoms with van der Waals surface area (Å²) in [7, 11) is 0. The van der Waals surface area contributed by atoms with Crippen LogP contribution in [0.15, 0.2) is 12.2 Å². The average Bonchev–Trinajstić information content (AvgIpc) is 2.43. The second-order valence-corrected chi connectivity index (χ2v) is 3.70. The molecule has 1 aliphatic heterocycles. The van der Waals surface area contributed by atoms with Gasteiger partial charge in [0.25, 0.3) is 0 Å². The highest BCUT2D eigenvalue weighted by atomic mass is 16.1. The first-order valence-electron chi connectivity index (χ1n) is 5.50. The van der Waals surface area contributed by atoms with E-state index in [0.29, 0.717) is 6.04 Å². The first kappa shape index (κ1) is 11.2. The highest BCUT2D eigenvalue weighted by Crippen LogP contribution is 2.04. The number of nitrogens with one attached hydrogen (secondary N) is 2. The van der Waals surface area contributed by atoms with Gasteiger partial charge in [-0.1, -0.05) is 13.0 Å². The van der Waals surface area contributed by atoms with E-state index >= 15 is 0 Å². The standard InChI is InChI=1S/C11H20N2O/c1-2-3-6-11(14)13-10-5-4-8-12-9-7-10/h3,6,10,12H,2,4-5,7-9H2,1H3,(H,13,14)/b6-3+. The highest BCUT2D eigenvalue weighted by Gasteiger charge is 2.12. The van der Waals surface area contributed by atoms with E-state index < -0.39 is 0 Å². The fourth-order valence-electron chi connectivity index (χ4n) is 1.64. The Morgan fingerprint density at radius 2 is 2.36 bits per heavy atom. The van der Waals surface area contributed by atoms with Gasteiger partial charge in [-0.05, 0) is 44.8 Å². The maximum atomic E-state index is 11.4. The van der Waals surface area contributed by atoms with Crippen LogP contribution >= 0.6 is 0 Å². The van der Waals surface area contributed by atoms with E-state index in [1.807, 2.05) is 13.0 Å². The molecule has 0 aromatic heterocycles. The SMILES string of the molecule is CC/C=C/C(=O)NC1CCCNCC1. The molecule has 0 saturated carbocycles. The Kier molecular flexibility index (Phi) is 5.30. The summed E-state index contributed by atoms with van der Waals surface area (Å²) in [5, 5.41) is 6.35. The van der Waals surface area contributed by atoms with Crippen LogP contribution < -0.4 is 10.6 Å². The molecule has 2 N–H and O–H groups in total. The molecule has 14 heavy (non-hydrogen) atoms. The summed E-state index contributed by atoms with van der Waals surface area (Å²) >= 11 is 0. The van der Waals surface area contributed by atoms with Gasteiger partial charge < -0.3 is 10.6 Å². The molecule has 1 unspecified atom stereocenters. The van der Waals surface area contributed by atoms with E-state index in [0.717, 1.165) is 38.8 Å². The summed E-state index contributed by atoms with van der Waals surface area (Å²) in [5.74, 6) is 0.0544. The number of hydrogen-bond acceptors (Lipinski definition) is 2. The first-order chi connectivity index (χ1) is 6.83. The van der Waals surface area contributed by atoms with E-state index in [-0.39, 0.29) is 5.91 Å². The second kappa shape index (κ2) is 6.60. The van der Waals surface area contributed by atoms with Gasteiger partial charge in [0.05, 0.1) is 0 Å². The Balaban J connectivity index is 2.27. The quantitative estimate of drug-likeness (QED) is 0.666. The third-order valence-corrected chi connectivity index (χ3v) is 2.43. The maximum Gasteiger partial charge on any atom is 0.243 e. The van der Waals surface area contributed by atoms with Gasteiger partial charge in [-0.3, -0.25) is 4.79 Å². The predicted octanol–water partition coefficient (Wildman–Crippen LogP) is 1.21. The summed E-state index contributed by atoms with van der Waals surface area (Å²) in [6.45, 7) is 4.12. The molecule has 0 aromatic rings. The number of carbonyl (C=O) groups excluding carboxylic acids is 1. The molecule has 0 aromatic carbocycles. The van der Waals surface area contributed by atoms with Crippen LogP contribution in [0.3, 0.4) is 0 Å². The lowest BCUT2D eigenvalue weighted by Crippen LogP contribution is -2.34. The zero-order valence-corrected chi connectivity index (χ0v) is 8.88. The highest BCUT2D eigenvalue weighted by molar-refractivity contribution is 5.87. The molecule has 0 radical (unpaired) electrons. The van der Waals surface area contributed by atoms with Crippen LogP contribution in [-0.4, -0.2) is 25.0 Å². The monoisotopic (exact) mass is 196 g/mol. The molecule has 1 aliphatic rings. The topological polar surface area (TPSA) is 41.1 Å². The lowest BCUT2D eigenvalue weighted by atomic mass is 10.1. The zero-order chi connectivity index (χ0) is 10.2. The minimum atomic E-state index is 0.0544. The van der Waals surface area contributed by atoms with Crippen LogP contribution in [0, 0.1) is 0 Å². The van der Waals surface area contributed by atoms with Crippen molar-refractivity contribution in [3.05, 3.63) is 12.2 Å². The fourth-order valence-corrected chi connectivity index (χ4v) is 1.64. The van der Waals surface area contributed by atoms with Crippen molar-refractivity contribution in [2.45, 2.75) is 38.6 Å². The lowest BCUT2D eigenvalue weighted by molar-refractivity contribution is -0.117. The van der Waals surface area contributed by atoms with Gasteiger partial charge in [-0.2, -0.15) is 0 Å². The van der Waals surface area contributed by atoms with Gasteiger partial charge in [0.1, 0.15) is 0 Å². The van der Waals surface area contributed by atoms with Crippen molar-refractivity contribution in [3.63, 3.8) is 0 Å². The summed E-state index contributed by atoms with van der Waals surface area (Å²) in [6, 6.07) is 0.360. The molecular weight excluding hydrogens is 176 g/mol. The summed E-state index contributed by atoms with van der Waals surface area (Å²) < 4.78 is 0. The minimum absolute atomic E-state index is 0.0544. The largest absolute Gasteiger partial charge is 0.350 e. The first-order valence-corrected chi connectivity index (χ1v) is 5.50. The van der Waals surface area contributed by atoms with Gasteiger partial charge in [-0.15, -0.1) is 0 Å². The van der Waals surface area contributed by atoms with E-state index in [2.05, 4.69) is 10.6 Å². The summed E-state index contributed by atoms with van der Waals surface area (Å²) in [6.07, 6.45) is 7.75. The Labute approximate surface area is 86.0 Å². The molecule has 1 atom stereocenters. The number of carbonyl (C=O) groups is 1. The molecule has 1 saturated heterocycles. The Morgan fingerprint density at radius 1 is 1.50 bits per heavy atom. The van der Waals surface area contributed by atoms with Crippen molar-refractivity contribution in [1.29, 1.82) is 0 Å². The normalized spacial score (nSPS) is 23.4. The van der Waals surface area contributed by atoms with Crippen molar-refractivity contribution >= 4 is 5.91 Å². The molecule has 80 valence electrons. The maximum absolute atomic E-state index is 11.4. The Bertz CT molecular complexity index is 193. The van der Waals surface area contributed by atoms with Crippen molar-refractivity contribution in [2.24, 2.45) is 0 Å². The summed E-state index contributed by atoms with van der Waals surface area (Å²) in [5.41, 5.74) is 0. The van der Waals surface area contributed by atoms with Gasteiger partial charge in [-0.25, -0.2) is 0 Å². The smallest absolute Gasteiger partial charge is 0.243 e.